The molecule has 2 rings (SSSR count). The monoisotopic (exact) mass is 228 g/mol. The van der Waals surface area contributed by atoms with Gasteiger partial charge in [-0.25, -0.2) is 4.79 Å². The van der Waals surface area contributed by atoms with E-state index in [9.17, 15) is 4.79 Å². The third-order valence-corrected chi connectivity index (χ3v) is 3.04. The first-order valence-corrected chi connectivity index (χ1v) is 5.71. The van der Waals surface area contributed by atoms with Gasteiger partial charge in [0, 0.05) is 19.0 Å². The number of nitrogens with one attached hydrogen (secondary N) is 2. The number of amides is 1. The smallest absolute Gasteiger partial charge is 0.408 e. The molecule has 0 aromatic heterocycles. The molecule has 92 valence electrons. The molecule has 1 unspecified atom stereocenters. The lowest BCUT2D eigenvalue weighted by molar-refractivity contribution is 0.0440. The normalized spacial score (nSPS) is 33.6. The molecule has 5 nitrogen and oxygen atoms in total. The summed E-state index contributed by atoms with van der Waals surface area (Å²) in [5.74, 6) is 0.361. The minimum absolute atomic E-state index is 0.262. The van der Waals surface area contributed by atoms with Crippen LogP contribution in [0.25, 0.3) is 0 Å². The van der Waals surface area contributed by atoms with E-state index in [1.807, 2.05) is 20.8 Å². The first kappa shape index (κ1) is 11.7. The molecule has 2 atom stereocenters. The van der Waals surface area contributed by atoms with Gasteiger partial charge < -0.3 is 20.1 Å². The fourth-order valence-corrected chi connectivity index (χ4v) is 2.27. The highest BCUT2D eigenvalue weighted by Crippen LogP contribution is 2.29. The molecule has 0 aromatic carbocycles. The number of carbonyl (C=O) groups excluding carboxylic acids is 1. The number of hydrogen-bond acceptors (Lipinski definition) is 4. The molecule has 2 saturated heterocycles. The second-order valence-corrected chi connectivity index (χ2v) is 5.63. The molecule has 0 radical (unpaired) electrons. The van der Waals surface area contributed by atoms with Gasteiger partial charge in [-0.3, -0.25) is 0 Å². The summed E-state index contributed by atoms with van der Waals surface area (Å²) in [6.07, 6.45) is -0.355. The van der Waals surface area contributed by atoms with Crippen molar-refractivity contribution < 1.29 is 14.3 Å². The largest absolute Gasteiger partial charge is 0.444 e. The Labute approximate surface area is 95.9 Å². The van der Waals surface area contributed by atoms with Crippen molar-refractivity contribution in [3.05, 3.63) is 0 Å². The van der Waals surface area contributed by atoms with Crippen LogP contribution in [-0.4, -0.2) is 43.5 Å². The highest BCUT2D eigenvalue weighted by Gasteiger charge is 2.49. The highest BCUT2D eigenvalue weighted by atomic mass is 16.6. The van der Waals surface area contributed by atoms with Crippen LogP contribution in [0.3, 0.4) is 0 Å². The van der Waals surface area contributed by atoms with Gasteiger partial charge in [-0.15, -0.1) is 0 Å². The van der Waals surface area contributed by atoms with E-state index in [2.05, 4.69) is 10.6 Å². The second kappa shape index (κ2) is 3.89. The Bertz CT molecular complexity index is 275. The highest BCUT2D eigenvalue weighted by molar-refractivity contribution is 5.69. The summed E-state index contributed by atoms with van der Waals surface area (Å²) in [6, 6.07) is 0. The van der Waals surface area contributed by atoms with Crippen molar-refractivity contribution in [1.29, 1.82) is 0 Å². The predicted molar refractivity (Wildman–Crippen MR) is 59.3 cm³/mol. The van der Waals surface area contributed by atoms with E-state index in [0.717, 1.165) is 13.1 Å². The van der Waals surface area contributed by atoms with Crippen molar-refractivity contribution in [3.63, 3.8) is 0 Å². The van der Waals surface area contributed by atoms with E-state index in [4.69, 9.17) is 9.47 Å². The van der Waals surface area contributed by atoms with E-state index >= 15 is 0 Å². The van der Waals surface area contributed by atoms with Crippen LogP contribution in [0.1, 0.15) is 20.8 Å². The van der Waals surface area contributed by atoms with Crippen LogP contribution in [0.2, 0.25) is 0 Å². The zero-order chi connectivity index (χ0) is 11.8. The predicted octanol–water partition coefficient (Wildman–Crippen LogP) is 0.500. The number of carbonyl (C=O) groups is 1. The first-order chi connectivity index (χ1) is 7.41. The standard InChI is InChI=1S/C11H20N2O3/c1-10(2,3)16-9(14)13-11-6-12-4-8(11)5-15-7-11/h8,12H,4-7H2,1-3H3,(H,13,14)/t8?,11-/m0/s1. The van der Waals surface area contributed by atoms with Crippen molar-refractivity contribution in [3.8, 4) is 0 Å². The maximum absolute atomic E-state index is 11.7. The van der Waals surface area contributed by atoms with Gasteiger partial charge in [0.15, 0.2) is 0 Å². The molecule has 2 aliphatic rings. The lowest BCUT2D eigenvalue weighted by Gasteiger charge is -2.29. The van der Waals surface area contributed by atoms with Gasteiger partial charge >= 0.3 is 6.09 Å². The van der Waals surface area contributed by atoms with Crippen LogP contribution < -0.4 is 10.6 Å². The number of hydrogen-bond donors (Lipinski definition) is 2. The molecule has 0 bridgehead atoms. The van der Waals surface area contributed by atoms with E-state index < -0.39 is 5.60 Å². The summed E-state index contributed by atoms with van der Waals surface area (Å²) < 4.78 is 10.7. The Hall–Kier alpha value is -0.810. The van der Waals surface area contributed by atoms with Gasteiger partial charge in [0.1, 0.15) is 5.60 Å². The van der Waals surface area contributed by atoms with Crippen molar-refractivity contribution in [2.75, 3.05) is 26.3 Å². The van der Waals surface area contributed by atoms with E-state index in [0.29, 0.717) is 19.1 Å². The Morgan fingerprint density at radius 2 is 2.31 bits per heavy atom. The zero-order valence-corrected chi connectivity index (χ0v) is 10.1. The summed E-state index contributed by atoms with van der Waals surface area (Å²) in [6.45, 7) is 8.53. The van der Waals surface area contributed by atoms with Crippen LogP contribution in [0, 0.1) is 5.92 Å². The maximum atomic E-state index is 11.7. The molecule has 0 aromatic rings. The molecule has 16 heavy (non-hydrogen) atoms. The van der Waals surface area contributed by atoms with Crippen molar-refractivity contribution in [1.82, 2.24) is 10.6 Å². The summed E-state index contributed by atoms with van der Waals surface area (Å²) in [4.78, 5) is 11.7. The van der Waals surface area contributed by atoms with Gasteiger partial charge in [0.2, 0.25) is 0 Å². The molecule has 1 amide bonds. The Morgan fingerprint density at radius 3 is 3.00 bits per heavy atom. The summed E-state index contributed by atoms with van der Waals surface area (Å²) in [5, 5.41) is 6.25. The van der Waals surface area contributed by atoms with Crippen LogP contribution in [-0.2, 0) is 9.47 Å². The molecule has 2 fully saturated rings. The fourth-order valence-electron chi connectivity index (χ4n) is 2.27. The van der Waals surface area contributed by atoms with Gasteiger partial charge in [0.25, 0.3) is 0 Å². The van der Waals surface area contributed by atoms with Crippen LogP contribution in [0.15, 0.2) is 0 Å². The van der Waals surface area contributed by atoms with E-state index in [1.54, 1.807) is 0 Å². The molecular formula is C11H20N2O3. The molecule has 2 aliphatic heterocycles. The molecule has 0 saturated carbocycles. The van der Waals surface area contributed by atoms with Crippen molar-refractivity contribution >= 4 is 6.09 Å². The minimum Gasteiger partial charge on any atom is -0.444 e. The summed E-state index contributed by atoms with van der Waals surface area (Å²) in [7, 11) is 0. The fraction of sp³-hybridized carbons (Fsp3) is 0.909. The third kappa shape index (κ3) is 2.30. The first-order valence-electron chi connectivity index (χ1n) is 5.71. The van der Waals surface area contributed by atoms with Crippen LogP contribution in [0.4, 0.5) is 4.79 Å². The van der Waals surface area contributed by atoms with Gasteiger partial charge in [-0.1, -0.05) is 0 Å². The molecule has 0 spiro atoms. The summed E-state index contributed by atoms with van der Waals surface area (Å²) in [5.41, 5.74) is -0.718. The number of fused-ring (bicyclic) bond motifs is 1. The van der Waals surface area contributed by atoms with Gasteiger partial charge in [0.05, 0.1) is 18.8 Å². The number of rotatable bonds is 1. The van der Waals surface area contributed by atoms with Gasteiger partial charge in [-0.2, -0.15) is 0 Å². The average molecular weight is 228 g/mol. The second-order valence-electron chi connectivity index (χ2n) is 5.63. The van der Waals surface area contributed by atoms with Crippen LogP contribution in [0.5, 0.6) is 0 Å². The van der Waals surface area contributed by atoms with E-state index in [-0.39, 0.29) is 11.6 Å². The quantitative estimate of drug-likeness (QED) is 0.686. The molecule has 0 aliphatic carbocycles. The molecule has 5 heteroatoms. The summed E-state index contributed by atoms with van der Waals surface area (Å²) >= 11 is 0. The topological polar surface area (TPSA) is 59.6 Å². The number of ether oxygens (including phenoxy) is 2. The molecule has 2 N–H and O–H groups in total. The SMILES string of the molecule is CC(C)(C)OC(=O)N[C@]12CNCC1COC2. The minimum atomic E-state index is -0.457. The van der Waals surface area contributed by atoms with Crippen molar-refractivity contribution in [2.45, 2.75) is 31.9 Å². The van der Waals surface area contributed by atoms with E-state index in [1.165, 1.54) is 0 Å². The molecule has 2 heterocycles. The average Bonchev–Trinajstić information content (AvgIpc) is 2.57. The Morgan fingerprint density at radius 1 is 1.56 bits per heavy atom. The third-order valence-electron chi connectivity index (χ3n) is 3.04. The van der Waals surface area contributed by atoms with Gasteiger partial charge in [-0.05, 0) is 20.8 Å². The lowest BCUT2D eigenvalue weighted by atomic mass is 9.91. The maximum Gasteiger partial charge on any atom is 0.408 e. The van der Waals surface area contributed by atoms with Crippen molar-refractivity contribution in [2.24, 2.45) is 5.92 Å². The Kier molecular flexibility index (Phi) is 2.84. The number of alkyl carbamates (subject to hydrolysis) is 1. The van der Waals surface area contributed by atoms with Crippen LogP contribution >= 0.6 is 0 Å². The lowest BCUT2D eigenvalue weighted by Crippen LogP contribution is -2.55. The molecular weight excluding hydrogens is 208 g/mol. The Balaban J connectivity index is 1.96. The zero-order valence-electron chi connectivity index (χ0n) is 10.1.